The Hall–Kier alpha value is -0.860. The lowest BCUT2D eigenvalue weighted by Crippen LogP contribution is -2.49. The highest BCUT2D eigenvalue weighted by Crippen LogP contribution is 2.20. The summed E-state index contributed by atoms with van der Waals surface area (Å²) in [7, 11) is -2.89. The fourth-order valence-electron chi connectivity index (χ4n) is 3.91. The van der Waals surface area contributed by atoms with Crippen molar-refractivity contribution in [3.63, 3.8) is 0 Å². The third-order valence-electron chi connectivity index (χ3n) is 5.46. The molecule has 0 aliphatic carbocycles. The summed E-state index contributed by atoms with van der Waals surface area (Å²) in [4.78, 5) is 7.34. The molecule has 0 aromatic carbocycles. The molecule has 2 atom stereocenters. The van der Waals surface area contributed by atoms with Crippen molar-refractivity contribution in [3.05, 3.63) is 0 Å². The molecule has 8 heteroatoms. The minimum absolute atomic E-state index is 0.0345. The van der Waals surface area contributed by atoms with E-state index in [9.17, 15) is 8.42 Å². The molecule has 0 spiro atoms. The molecule has 2 heterocycles. The SMILES string of the molecule is CCNC(=NCC(C(CC)CC)N1CCOCC1)NC1CCS(=O)(=O)C1. The summed E-state index contributed by atoms with van der Waals surface area (Å²) in [6.45, 7) is 11.5. The van der Waals surface area contributed by atoms with E-state index in [4.69, 9.17) is 9.73 Å². The lowest BCUT2D eigenvalue weighted by molar-refractivity contribution is 0.00395. The summed E-state index contributed by atoms with van der Waals surface area (Å²) in [6, 6.07) is 0.365. The van der Waals surface area contributed by atoms with Gasteiger partial charge in [-0.1, -0.05) is 26.7 Å². The number of sulfone groups is 1. The van der Waals surface area contributed by atoms with Crippen molar-refractivity contribution >= 4 is 15.8 Å². The van der Waals surface area contributed by atoms with Gasteiger partial charge in [0, 0.05) is 31.7 Å². The highest BCUT2D eigenvalue weighted by molar-refractivity contribution is 7.91. The Balaban J connectivity index is 2.04. The van der Waals surface area contributed by atoms with E-state index in [2.05, 4.69) is 29.4 Å². The number of aliphatic imine (C=N–C) groups is 1. The molecule has 26 heavy (non-hydrogen) atoms. The number of nitrogens with zero attached hydrogens (tertiary/aromatic N) is 2. The van der Waals surface area contributed by atoms with E-state index < -0.39 is 9.84 Å². The summed E-state index contributed by atoms with van der Waals surface area (Å²) < 4.78 is 28.9. The fraction of sp³-hybridized carbons (Fsp3) is 0.944. The molecule has 2 fully saturated rings. The first-order valence-electron chi connectivity index (χ1n) is 10.1. The van der Waals surface area contributed by atoms with Crippen molar-refractivity contribution in [3.8, 4) is 0 Å². The van der Waals surface area contributed by atoms with E-state index in [1.165, 1.54) is 0 Å². The standard InChI is InChI=1S/C18H36N4O3S/c1-4-15(5-2)17(22-8-10-25-11-9-22)13-20-18(19-6-3)21-16-7-12-26(23,24)14-16/h15-17H,4-14H2,1-3H3,(H2,19,20,21). The Labute approximate surface area is 158 Å². The maximum Gasteiger partial charge on any atom is 0.191 e. The van der Waals surface area contributed by atoms with E-state index in [1.807, 2.05) is 6.92 Å². The van der Waals surface area contributed by atoms with Gasteiger partial charge < -0.3 is 15.4 Å². The van der Waals surface area contributed by atoms with Crippen LogP contribution in [0.1, 0.15) is 40.0 Å². The van der Waals surface area contributed by atoms with Crippen LogP contribution in [0, 0.1) is 5.92 Å². The number of nitrogens with one attached hydrogen (secondary N) is 2. The average molecular weight is 389 g/mol. The number of guanidine groups is 1. The van der Waals surface area contributed by atoms with Crippen LogP contribution >= 0.6 is 0 Å². The predicted molar refractivity (Wildman–Crippen MR) is 106 cm³/mol. The van der Waals surface area contributed by atoms with Gasteiger partial charge in [-0.3, -0.25) is 9.89 Å². The molecule has 0 saturated carbocycles. The zero-order valence-electron chi connectivity index (χ0n) is 16.5. The minimum Gasteiger partial charge on any atom is -0.379 e. The van der Waals surface area contributed by atoms with Crippen molar-refractivity contribution in [2.45, 2.75) is 52.1 Å². The molecule has 152 valence electrons. The molecular weight excluding hydrogens is 352 g/mol. The van der Waals surface area contributed by atoms with E-state index >= 15 is 0 Å². The smallest absolute Gasteiger partial charge is 0.191 e. The largest absolute Gasteiger partial charge is 0.379 e. The molecule has 2 N–H and O–H groups in total. The number of hydrogen-bond donors (Lipinski definition) is 2. The van der Waals surface area contributed by atoms with Gasteiger partial charge in [-0.2, -0.15) is 0 Å². The van der Waals surface area contributed by atoms with E-state index in [-0.39, 0.29) is 17.5 Å². The molecule has 2 aliphatic rings. The Morgan fingerprint density at radius 1 is 1.23 bits per heavy atom. The molecule has 0 radical (unpaired) electrons. The highest BCUT2D eigenvalue weighted by Gasteiger charge is 2.29. The topological polar surface area (TPSA) is 83.0 Å². The second kappa shape index (κ2) is 10.5. The third-order valence-corrected chi connectivity index (χ3v) is 7.23. The highest BCUT2D eigenvalue weighted by atomic mass is 32.2. The van der Waals surface area contributed by atoms with Gasteiger partial charge in [0.15, 0.2) is 15.8 Å². The maximum atomic E-state index is 11.7. The molecule has 2 rings (SSSR count). The Morgan fingerprint density at radius 3 is 2.46 bits per heavy atom. The van der Waals surface area contributed by atoms with Gasteiger partial charge in [-0.15, -0.1) is 0 Å². The number of morpholine rings is 1. The van der Waals surface area contributed by atoms with Crippen LogP contribution in [-0.2, 0) is 14.6 Å². The van der Waals surface area contributed by atoms with Crippen LogP contribution in [0.25, 0.3) is 0 Å². The molecule has 0 amide bonds. The zero-order valence-corrected chi connectivity index (χ0v) is 17.4. The van der Waals surface area contributed by atoms with E-state index in [0.717, 1.165) is 58.2 Å². The van der Waals surface area contributed by atoms with Gasteiger partial charge in [0.2, 0.25) is 0 Å². The van der Waals surface area contributed by atoms with Crippen molar-refractivity contribution in [1.29, 1.82) is 0 Å². The first-order chi connectivity index (χ1) is 12.5. The maximum absolute atomic E-state index is 11.7. The minimum atomic E-state index is -2.89. The van der Waals surface area contributed by atoms with Gasteiger partial charge in [0.25, 0.3) is 0 Å². The Bertz CT molecular complexity index is 543. The van der Waals surface area contributed by atoms with Gasteiger partial charge in [-0.05, 0) is 19.3 Å². The molecule has 7 nitrogen and oxygen atoms in total. The number of hydrogen-bond acceptors (Lipinski definition) is 5. The lowest BCUT2D eigenvalue weighted by Gasteiger charge is -2.38. The molecular formula is C18H36N4O3S. The number of rotatable bonds is 8. The van der Waals surface area contributed by atoms with Gasteiger partial charge in [0.1, 0.15) is 0 Å². The zero-order chi connectivity index (χ0) is 19.0. The fourth-order valence-corrected chi connectivity index (χ4v) is 5.59. The second-order valence-electron chi connectivity index (χ2n) is 7.26. The van der Waals surface area contributed by atoms with Gasteiger partial charge >= 0.3 is 0 Å². The van der Waals surface area contributed by atoms with E-state index in [0.29, 0.717) is 18.4 Å². The molecule has 2 saturated heterocycles. The van der Waals surface area contributed by atoms with Gasteiger partial charge in [-0.25, -0.2) is 8.42 Å². The number of ether oxygens (including phenoxy) is 1. The van der Waals surface area contributed by atoms with Crippen LogP contribution in [0.5, 0.6) is 0 Å². The van der Waals surface area contributed by atoms with Crippen LogP contribution in [0.3, 0.4) is 0 Å². The Kier molecular flexibility index (Phi) is 8.63. The molecule has 2 unspecified atom stereocenters. The van der Waals surface area contributed by atoms with Crippen molar-refractivity contribution < 1.29 is 13.2 Å². The Morgan fingerprint density at radius 2 is 1.92 bits per heavy atom. The molecule has 0 aromatic heterocycles. The summed E-state index contributed by atoms with van der Waals surface area (Å²) in [5.41, 5.74) is 0. The molecule has 0 bridgehead atoms. The second-order valence-corrected chi connectivity index (χ2v) is 9.48. The van der Waals surface area contributed by atoms with Crippen LogP contribution < -0.4 is 10.6 Å². The third kappa shape index (κ3) is 6.39. The van der Waals surface area contributed by atoms with Crippen LogP contribution in [-0.4, -0.2) is 82.3 Å². The van der Waals surface area contributed by atoms with Crippen LogP contribution in [0.15, 0.2) is 4.99 Å². The summed E-state index contributed by atoms with van der Waals surface area (Å²) in [5.74, 6) is 1.82. The first-order valence-corrected chi connectivity index (χ1v) is 11.9. The van der Waals surface area contributed by atoms with E-state index in [1.54, 1.807) is 0 Å². The summed E-state index contributed by atoms with van der Waals surface area (Å²) >= 11 is 0. The summed E-state index contributed by atoms with van der Waals surface area (Å²) in [5, 5.41) is 6.59. The lowest BCUT2D eigenvalue weighted by atomic mass is 9.92. The average Bonchev–Trinajstić information content (AvgIpc) is 2.98. The summed E-state index contributed by atoms with van der Waals surface area (Å²) in [6.07, 6.45) is 2.93. The van der Waals surface area contributed by atoms with Gasteiger partial charge in [0.05, 0.1) is 31.3 Å². The van der Waals surface area contributed by atoms with Crippen molar-refractivity contribution in [1.82, 2.24) is 15.5 Å². The predicted octanol–water partition coefficient (Wildman–Crippen LogP) is 0.866. The van der Waals surface area contributed by atoms with Crippen molar-refractivity contribution in [2.75, 3.05) is 50.9 Å². The quantitative estimate of drug-likeness (QED) is 0.474. The normalized spacial score (nSPS) is 25.4. The monoisotopic (exact) mass is 388 g/mol. The van der Waals surface area contributed by atoms with Crippen LogP contribution in [0.2, 0.25) is 0 Å². The molecule has 2 aliphatic heterocycles. The first kappa shape index (κ1) is 21.4. The van der Waals surface area contributed by atoms with Crippen molar-refractivity contribution in [2.24, 2.45) is 10.9 Å². The van der Waals surface area contributed by atoms with Crippen LogP contribution in [0.4, 0.5) is 0 Å². The molecule has 0 aromatic rings.